The van der Waals surface area contributed by atoms with Crippen molar-refractivity contribution in [1.29, 1.82) is 0 Å². The molecule has 2 atom stereocenters. The van der Waals surface area contributed by atoms with Crippen molar-refractivity contribution in [3.8, 4) is 5.75 Å². The van der Waals surface area contributed by atoms with E-state index in [0.717, 1.165) is 23.2 Å². The number of nitrogens with one attached hydrogen (secondary N) is 2. The molecule has 0 radical (unpaired) electrons. The number of hydrogen-bond donors (Lipinski definition) is 2. The quantitative estimate of drug-likeness (QED) is 0.827. The van der Waals surface area contributed by atoms with Crippen molar-refractivity contribution < 1.29 is 14.3 Å². The van der Waals surface area contributed by atoms with E-state index in [1.54, 1.807) is 26.1 Å². The molecule has 2 N–H and O–H groups in total. The minimum absolute atomic E-state index is 0.0374. The van der Waals surface area contributed by atoms with Gasteiger partial charge in [0.05, 0.1) is 30.1 Å². The summed E-state index contributed by atoms with van der Waals surface area (Å²) >= 11 is 0. The van der Waals surface area contributed by atoms with Crippen LogP contribution >= 0.6 is 0 Å². The Morgan fingerprint density at radius 3 is 2.68 bits per heavy atom. The number of methoxy groups -OCH3 is 1. The molecular formula is C21H30N4O3. The van der Waals surface area contributed by atoms with Crippen LogP contribution in [0.2, 0.25) is 0 Å². The van der Waals surface area contributed by atoms with Gasteiger partial charge in [0.2, 0.25) is 11.8 Å². The Balaban J connectivity index is 1.73. The predicted octanol–water partition coefficient (Wildman–Crippen LogP) is 2.72. The second-order valence-corrected chi connectivity index (χ2v) is 8.63. The number of carbonyl (C=O) groups excluding carboxylic acids is 2. The summed E-state index contributed by atoms with van der Waals surface area (Å²) in [6.45, 7) is 6.33. The van der Waals surface area contributed by atoms with E-state index in [1.165, 1.54) is 0 Å². The third-order valence-electron chi connectivity index (χ3n) is 6.62. The van der Waals surface area contributed by atoms with Gasteiger partial charge in [-0.15, -0.1) is 0 Å². The summed E-state index contributed by atoms with van der Waals surface area (Å²) in [6, 6.07) is 5.62. The molecule has 1 aliphatic rings. The first kappa shape index (κ1) is 20.2. The lowest BCUT2D eigenvalue weighted by atomic mass is 9.65. The normalized spacial score (nSPS) is 23.6. The van der Waals surface area contributed by atoms with Crippen molar-refractivity contribution in [3.05, 3.63) is 24.0 Å². The molecule has 0 aliphatic heterocycles. The molecule has 0 spiro atoms. The van der Waals surface area contributed by atoms with Gasteiger partial charge < -0.3 is 19.9 Å². The van der Waals surface area contributed by atoms with Crippen molar-refractivity contribution in [1.82, 2.24) is 20.2 Å². The lowest BCUT2D eigenvalue weighted by Crippen LogP contribution is -2.49. The first-order chi connectivity index (χ1) is 13.1. The minimum Gasteiger partial charge on any atom is -0.497 e. The van der Waals surface area contributed by atoms with Gasteiger partial charge in [-0.3, -0.25) is 9.59 Å². The highest BCUT2D eigenvalue weighted by molar-refractivity contribution is 5.87. The Morgan fingerprint density at radius 1 is 1.32 bits per heavy atom. The van der Waals surface area contributed by atoms with Crippen molar-refractivity contribution in [2.45, 2.75) is 40.2 Å². The van der Waals surface area contributed by atoms with Crippen LogP contribution in [0, 0.1) is 16.7 Å². The van der Waals surface area contributed by atoms with E-state index in [-0.39, 0.29) is 17.7 Å². The van der Waals surface area contributed by atoms with Crippen LogP contribution in [0.1, 0.15) is 39.4 Å². The molecule has 3 rings (SSSR count). The van der Waals surface area contributed by atoms with E-state index in [0.29, 0.717) is 18.8 Å². The topological polar surface area (TPSA) is 87.3 Å². The maximum Gasteiger partial charge on any atom is 0.226 e. The molecule has 1 aliphatic carbocycles. The minimum atomic E-state index is -0.613. The smallest absolute Gasteiger partial charge is 0.226 e. The maximum atomic E-state index is 13.1. The van der Waals surface area contributed by atoms with Gasteiger partial charge in [-0.25, -0.2) is 4.98 Å². The summed E-state index contributed by atoms with van der Waals surface area (Å²) in [5.74, 6) is 1.34. The summed E-state index contributed by atoms with van der Waals surface area (Å²) < 4.78 is 5.23. The molecule has 1 aromatic heterocycles. The molecule has 0 unspecified atom stereocenters. The van der Waals surface area contributed by atoms with Crippen molar-refractivity contribution in [2.24, 2.45) is 16.7 Å². The van der Waals surface area contributed by atoms with Crippen molar-refractivity contribution >= 4 is 22.8 Å². The van der Waals surface area contributed by atoms with Gasteiger partial charge in [-0.2, -0.15) is 0 Å². The van der Waals surface area contributed by atoms with Crippen LogP contribution in [0.15, 0.2) is 18.2 Å². The summed E-state index contributed by atoms with van der Waals surface area (Å²) in [5, 5.41) is 3.03. The standard InChI is InChI=1S/C21H30N4O3/c1-20(2)14(18(26)25(4)5)9-10-21(20,3)19(27)22-12-17-23-15-8-7-13(28-6)11-16(15)24-17/h7-8,11,14H,9-10,12H2,1-6H3,(H,22,27)(H,23,24)/t14-,21+/m0/s1. The Morgan fingerprint density at radius 2 is 2.04 bits per heavy atom. The third kappa shape index (κ3) is 3.23. The lowest BCUT2D eigenvalue weighted by Gasteiger charge is -2.40. The number of H-pyrrole nitrogens is 1. The molecule has 1 aromatic carbocycles. The number of nitrogens with zero attached hydrogens (tertiary/aromatic N) is 2. The number of ether oxygens (including phenoxy) is 1. The van der Waals surface area contributed by atoms with Crippen LogP contribution in [0.3, 0.4) is 0 Å². The molecule has 0 saturated heterocycles. The second kappa shape index (κ2) is 7.11. The van der Waals surface area contributed by atoms with Gasteiger partial charge in [-0.05, 0) is 30.4 Å². The van der Waals surface area contributed by atoms with E-state index < -0.39 is 10.8 Å². The first-order valence-electron chi connectivity index (χ1n) is 9.62. The monoisotopic (exact) mass is 386 g/mol. The van der Waals surface area contributed by atoms with E-state index >= 15 is 0 Å². The summed E-state index contributed by atoms with van der Waals surface area (Å²) in [4.78, 5) is 35.1. The third-order valence-corrected chi connectivity index (χ3v) is 6.62. The van der Waals surface area contributed by atoms with Crippen molar-refractivity contribution in [3.63, 3.8) is 0 Å². The fourth-order valence-corrected chi connectivity index (χ4v) is 4.26. The SMILES string of the molecule is COc1ccc2nc(CNC(=O)[C@@]3(C)CC[C@@H](C(=O)N(C)C)C3(C)C)[nH]c2c1. The molecule has 1 heterocycles. The van der Waals surface area contributed by atoms with Crippen LogP contribution in [0.5, 0.6) is 5.75 Å². The lowest BCUT2D eigenvalue weighted by molar-refractivity contribution is -0.142. The number of fused-ring (bicyclic) bond motifs is 1. The molecule has 1 saturated carbocycles. The number of rotatable bonds is 5. The highest BCUT2D eigenvalue weighted by Crippen LogP contribution is 2.56. The number of benzene rings is 1. The highest BCUT2D eigenvalue weighted by Gasteiger charge is 2.58. The molecule has 2 aromatic rings. The average Bonchev–Trinajstić information content (AvgIpc) is 3.17. The summed E-state index contributed by atoms with van der Waals surface area (Å²) in [6.07, 6.45) is 1.41. The van der Waals surface area contributed by atoms with Crippen LogP contribution < -0.4 is 10.1 Å². The van der Waals surface area contributed by atoms with Gasteiger partial charge in [0.1, 0.15) is 11.6 Å². The zero-order valence-corrected chi connectivity index (χ0v) is 17.5. The van der Waals surface area contributed by atoms with Gasteiger partial charge in [0, 0.05) is 26.1 Å². The van der Waals surface area contributed by atoms with Crippen molar-refractivity contribution in [2.75, 3.05) is 21.2 Å². The highest BCUT2D eigenvalue weighted by atomic mass is 16.5. The number of amides is 2. The molecule has 152 valence electrons. The average molecular weight is 386 g/mol. The molecule has 7 heteroatoms. The van der Waals surface area contributed by atoms with Gasteiger partial charge >= 0.3 is 0 Å². The van der Waals surface area contributed by atoms with Crippen LogP contribution in [-0.2, 0) is 16.1 Å². The van der Waals surface area contributed by atoms with E-state index in [1.807, 2.05) is 39.0 Å². The molecule has 7 nitrogen and oxygen atoms in total. The number of aromatic amines is 1. The Hall–Kier alpha value is -2.57. The van der Waals surface area contributed by atoms with Gasteiger partial charge in [0.25, 0.3) is 0 Å². The molecule has 2 amide bonds. The van der Waals surface area contributed by atoms with Crippen LogP contribution in [-0.4, -0.2) is 47.9 Å². The summed E-state index contributed by atoms with van der Waals surface area (Å²) in [5.41, 5.74) is 0.653. The zero-order chi connectivity index (χ0) is 20.7. The fraction of sp³-hybridized carbons (Fsp3) is 0.571. The van der Waals surface area contributed by atoms with E-state index in [4.69, 9.17) is 4.74 Å². The fourth-order valence-electron chi connectivity index (χ4n) is 4.26. The first-order valence-corrected chi connectivity index (χ1v) is 9.62. The number of hydrogen-bond acceptors (Lipinski definition) is 4. The second-order valence-electron chi connectivity index (χ2n) is 8.63. The zero-order valence-electron chi connectivity index (χ0n) is 17.5. The Labute approximate surface area is 165 Å². The Kier molecular flexibility index (Phi) is 5.12. The van der Waals surface area contributed by atoms with Crippen LogP contribution in [0.4, 0.5) is 0 Å². The molecule has 1 fully saturated rings. The largest absolute Gasteiger partial charge is 0.497 e. The molecular weight excluding hydrogens is 356 g/mol. The molecule has 28 heavy (non-hydrogen) atoms. The van der Waals surface area contributed by atoms with E-state index in [9.17, 15) is 9.59 Å². The van der Waals surface area contributed by atoms with Gasteiger partial charge in [-0.1, -0.05) is 20.8 Å². The summed E-state index contributed by atoms with van der Waals surface area (Å²) in [7, 11) is 5.16. The maximum absolute atomic E-state index is 13.1. The molecule has 0 bridgehead atoms. The number of aromatic nitrogens is 2. The Bertz CT molecular complexity index is 902. The van der Waals surface area contributed by atoms with E-state index in [2.05, 4.69) is 15.3 Å². The van der Waals surface area contributed by atoms with Gasteiger partial charge in [0.15, 0.2) is 0 Å². The van der Waals surface area contributed by atoms with Crippen LogP contribution in [0.25, 0.3) is 11.0 Å². The number of carbonyl (C=O) groups is 2. The predicted molar refractivity (Wildman–Crippen MR) is 108 cm³/mol. The number of imidazole rings is 1.